The molecule has 2 heterocycles. The fourth-order valence-electron chi connectivity index (χ4n) is 3.56. The molecule has 0 bridgehead atoms. The number of carbonyl (C=O) groups excluding carboxylic acids is 1. The highest BCUT2D eigenvalue weighted by atomic mass is 19.4. The first-order chi connectivity index (χ1) is 13.1. The Balaban J connectivity index is 1.75. The number of amides is 1. The fourth-order valence-corrected chi connectivity index (χ4v) is 3.56. The zero-order valence-corrected chi connectivity index (χ0v) is 15.9. The van der Waals surface area contributed by atoms with Gasteiger partial charge in [-0.15, -0.1) is 0 Å². The minimum Gasteiger partial charge on any atom is -0.456 e. The number of piperazine rings is 1. The van der Waals surface area contributed by atoms with Gasteiger partial charge in [0.05, 0.1) is 5.56 Å². The van der Waals surface area contributed by atoms with Gasteiger partial charge in [0, 0.05) is 31.7 Å². The Morgan fingerprint density at radius 1 is 1.14 bits per heavy atom. The van der Waals surface area contributed by atoms with Gasteiger partial charge in [0.1, 0.15) is 11.6 Å². The van der Waals surface area contributed by atoms with Crippen LogP contribution in [0.4, 0.5) is 17.6 Å². The predicted molar refractivity (Wildman–Crippen MR) is 95.2 cm³/mol. The van der Waals surface area contributed by atoms with Crippen LogP contribution in [0.1, 0.15) is 41.3 Å². The normalized spacial score (nSPS) is 21.2. The number of halogens is 4. The van der Waals surface area contributed by atoms with Gasteiger partial charge in [-0.3, -0.25) is 9.69 Å². The number of carbonyl (C=O) groups is 1. The summed E-state index contributed by atoms with van der Waals surface area (Å²) in [6.45, 7) is 6.49. The van der Waals surface area contributed by atoms with Crippen molar-refractivity contribution in [3.05, 3.63) is 58.8 Å². The lowest BCUT2D eigenvalue weighted by atomic mass is 10.0. The number of hydrogen-bond donors (Lipinski definition) is 0. The molecule has 2 aromatic rings. The van der Waals surface area contributed by atoms with Gasteiger partial charge in [0.25, 0.3) is 5.91 Å². The van der Waals surface area contributed by atoms with E-state index in [2.05, 4.69) is 4.90 Å². The summed E-state index contributed by atoms with van der Waals surface area (Å²) in [5.74, 6) is -2.18. The summed E-state index contributed by atoms with van der Waals surface area (Å²) in [7, 11) is 0. The Kier molecular flexibility index (Phi) is 5.52. The number of furan rings is 1. The maximum Gasteiger partial charge on any atom is 0.450 e. The molecule has 1 aliphatic heterocycles. The molecule has 4 nitrogen and oxygen atoms in total. The molecule has 1 aromatic heterocycles. The quantitative estimate of drug-likeness (QED) is 0.716. The van der Waals surface area contributed by atoms with Crippen molar-refractivity contribution < 1.29 is 26.8 Å². The first-order valence-electron chi connectivity index (χ1n) is 9.03. The summed E-state index contributed by atoms with van der Waals surface area (Å²) in [5, 5.41) is 0. The van der Waals surface area contributed by atoms with Crippen LogP contribution in [-0.4, -0.2) is 40.9 Å². The molecule has 8 heteroatoms. The molecule has 1 aromatic carbocycles. The molecule has 1 amide bonds. The van der Waals surface area contributed by atoms with E-state index in [4.69, 9.17) is 4.42 Å². The molecule has 3 rings (SSSR count). The lowest BCUT2D eigenvalue weighted by Gasteiger charge is -2.44. The van der Waals surface area contributed by atoms with E-state index in [1.54, 1.807) is 12.1 Å². The number of rotatable bonds is 3. The van der Waals surface area contributed by atoms with Crippen molar-refractivity contribution in [2.45, 2.75) is 45.6 Å². The number of nitrogens with zero attached hydrogens (tertiary/aromatic N) is 2. The van der Waals surface area contributed by atoms with Crippen molar-refractivity contribution in [2.75, 3.05) is 13.1 Å². The van der Waals surface area contributed by atoms with Crippen LogP contribution in [0.25, 0.3) is 0 Å². The molecule has 1 saturated heterocycles. The zero-order chi connectivity index (χ0) is 20.6. The molecule has 0 saturated carbocycles. The summed E-state index contributed by atoms with van der Waals surface area (Å²) in [6, 6.07) is 7.00. The van der Waals surface area contributed by atoms with Crippen molar-refractivity contribution in [3.8, 4) is 0 Å². The molecular formula is C20H22F4N2O2. The summed E-state index contributed by atoms with van der Waals surface area (Å²) < 4.78 is 57.4. The Labute approximate surface area is 160 Å². The Morgan fingerprint density at radius 3 is 2.39 bits per heavy atom. The van der Waals surface area contributed by atoms with E-state index >= 15 is 0 Å². The Hall–Kier alpha value is -2.35. The van der Waals surface area contributed by atoms with Gasteiger partial charge in [0.15, 0.2) is 0 Å². The summed E-state index contributed by atoms with van der Waals surface area (Å²) in [5.41, 5.74) is 0.487. The molecule has 0 spiro atoms. The molecule has 1 aliphatic rings. The smallest absolute Gasteiger partial charge is 0.450 e. The molecule has 28 heavy (non-hydrogen) atoms. The average molecular weight is 398 g/mol. The SMILES string of the molecule is Cc1cc(C(=O)N2C[C@H](C)N(Cc3ccc(F)cc3)C[C@@H]2C)c(C(F)(F)F)o1. The van der Waals surface area contributed by atoms with Crippen LogP contribution >= 0.6 is 0 Å². The third-order valence-electron chi connectivity index (χ3n) is 5.02. The van der Waals surface area contributed by atoms with Crippen LogP contribution < -0.4 is 0 Å². The fraction of sp³-hybridized carbons (Fsp3) is 0.450. The highest BCUT2D eigenvalue weighted by Crippen LogP contribution is 2.35. The van der Waals surface area contributed by atoms with E-state index in [-0.39, 0.29) is 23.7 Å². The number of aryl methyl sites for hydroxylation is 1. The summed E-state index contributed by atoms with van der Waals surface area (Å²) in [4.78, 5) is 16.4. The highest BCUT2D eigenvalue weighted by molar-refractivity contribution is 5.96. The molecule has 2 atom stereocenters. The second kappa shape index (κ2) is 7.58. The molecule has 1 fully saturated rings. The van der Waals surface area contributed by atoms with Crippen molar-refractivity contribution in [1.29, 1.82) is 0 Å². The van der Waals surface area contributed by atoms with Crippen LogP contribution in [0, 0.1) is 12.7 Å². The molecular weight excluding hydrogens is 376 g/mol. The lowest BCUT2D eigenvalue weighted by Crippen LogP contribution is -2.57. The third kappa shape index (κ3) is 4.22. The summed E-state index contributed by atoms with van der Waals surface area (Å²) >= 11 is 0. The standard InChI is InChI=1S/C20H22F4N2O2/c1-12-10-26(19(27)17-8-14(3)28-18(17)20(22,23)24)13(2)9-25(12)11-15-4-6-16(21)7-5-15/h4-8,12-13H,9-11H2,1-3H3/t12-,13-/m0/s1. The third-order valence-corrected chi connectivity index (χ3v) is 5.02. The van der Waals surface area contributed by atoms with E-state index < -0.39 is 23.4 Å². The molecule has 152 valence electrons. The van der Waals surface area contributed by atoms with Crippen molar-refractivity contribution in [2.24, 2.45) is 0 Å². The van der Waals surface area contributed by atoms with E-state index in [0.29, 0.717) is 19.6 Å². The molecule has 0 aliphatic carbocycles. The van der Waals surface area contributed by atoms with Gasteiger partial charge in [-0.1, -0.05) is 12.1 Å². The van der Waals surface area contributed by atoms with Crippen molar-refractivity contribution >= 4 is 5.91 Å². The van der Waals surface area contributed by atoms with Gasteiger partial charge in [-0.25, -0.2) is 4.39 Å². The van der Waals surface area contributed by atoms with Crippen LogP contribution in [0.5, 0.6) is 0 Å². The maximum atomic E-state index is 13.2. The van der Waals surface area contributed by atoms with Crippen LogP contribution in [0.2, 0.25) is 0 Å². The van der Waals surface area contributed by atoms with Gasteiger partial charge in [-0.2, -0.15) is 13.2 Å². The van der Waals surface area contributed by atoms with Gasteiger partial charge < -0.3 is 9.32 Å². The molecule has 0 N–H and O–H groups in total. The first kappa shape index (κ1) is 20.4. The summed E-state index contributed by atoms with van der Waals surface area (Å²) in [6.07, 6.45) is -4.72. The van der Waals surface area contributed by atoms with E-state index in [1.807, 2.05) is 13.8 Å². The van der Waals surface area contributed by atoms with E-state index in [9.17, 15) is 22.4 Å². The maximum absolute atomic E-state index is 13.2. The average Bonchev–Trinajstić information content (AvgIpc) is 3.01. The topological polar surface area (TPSA) is 36.7 Å². The monoisotopic (exact) mass is 398 g/mol. The second-order valence-electron chi connectivity index (χ2n) is 7.31. The first-order valence-corrected chi connectivity index (χ1v) is 9.03. The van der Waals surface area contributed by atoms with E-state index in [1.165, 1.54) is 24.0 Å². The van der Waals surface area contributed by atoms with Crippen LogP contribution in [0.3, 0.4) is 0 Å². The van der Waals surface area contributed by atoms with Gasteiger partial charge in [0.2, 0.25) is 5.76 Å². The predicted octanol–water partition coefficient (Wildman–Crippen LogP) is 4.48. The minimum absolute atomic E-state index is 0.0475. The van der Waals surface area contributed by atoms with Gasteiger partial charge in [-0.05, 0) is 44.5 Å². The molecule has 0 radical (unpaired) electrons. The lowest BCUT2D eigenvalue weighted by molar-refractivity contribution is -0.153. The molecule has 0 unspecified atom stereocenters. The number of benzene rings is 1. The largest absolute Gasteiger partial charge is 0.456 e. The number of alkyl halides is 3. The Morgan fingerprint density at radius 2 is 1.79 bits per heavy atom. The highest BCUT2D eigenvalue weighted by Gasteiger charge is 2.42. The van der Waals surface area contributed by atoms with Gasteiger partial charge >= 0.3 is 6.18 Å². The zero-order valence-electron chi connectivity index (χ0n) is 15.9. The number of hydrogen-bond acceptors (Lipinski definition) is 3. The Bertz CT molecular complexity index is 845. The van der Waals surface area contributed by atoms with Crippen LogP contribution in [0.15, 0.2) is 34.7 Å². The minimum atomic E-state index is -4.72. The van der Waals surface area contributed by atoms with Crippen molar-refractivity contribution in [3.63, 3.8) is 0 Å². The van der Waals surface area contributed by atoms with Crippen molar-refractivity contribution in [1.82, 2.24) is 9.80 Å². The van der Waals surface area contributed by atoms with Crippen LogP contribution in [-0.2, 0) is 12.7 Å². The second-order valence-corrected chi connectivity index (χ2v) is 7.31. The van der Waals surface area contributed by atoms with E-state index in [0.717, 1.165) is 11.6 Å².